The average molecular weight is 495 g/mol. The molecule has 0 radical (unpaired) electrons. The number of ether oxygens (including phenoxy) is 1. The lowest BCUT2D eigenvalue weighted by molar-refractivity contribution is 0.0483. The molecule has 0 unspecified atom stereocenters. The van der Waals surface area contributed by atoms with E-state index in [1.54, 1.807) is 6.92 Å². The first-order valence-corrected chi connectivity index (χ1v) is 12.9. The van der Waals surface area contributed by atoms with Crippen molar-refractivity contribution in [2.45, 2.75) is 18.6 Å². The van der Waals surface area contributed by atoms with Crippen LogP contribution in [0.4, 0.5) is 0 Å². The number of sulfonamides is 1. The van der Waals surface area contributed by atoms with E-state index < -0.39 is 16.0 Å². The Morgan fingerprint density at radius 2 is 1.74 bits per heavy atom. The number of imidazole rings is 1. The van der Waals surface area contributed by atoms with Crippen LogP contribution in [0.1, 0.15) is 23.2 Å². The lowest BCUT2D eigenvalue weighted by Gasteiger charge is -2.33. The van der Waals surface area contributed by atoms with E-state index in [9.17, 15) is 13.2 Å². The van der Waals surface area contributed by atoms with Gasteiger partial charge >= 0.3 is 5.97 Å². The SMILES string of the molecule is CCOC(=O)c1ccc(S(=O)(=O)N2CCN(Cc3c(-c4ccccc4)nc4ccccn34)CC2)o1. The summed E-state index contributed by atoms with van der Waals surface area (Å²) in [7, 11) is -3.85. The second kappa shape index (κ2) is 9.65. The van der Waals surface area contributed by atoms with Crippen molar-refractivity contribution in [3.8, 4) is 11.3 Å². The normalized spacial score (nSPS) is 15.5. The predicted octanol–water partition coefficient (Wildman–Crippen LogP) is 3.28. The second-order valence-electron chi connectivity index (χ2n) is 8.22. The molecule has 4 aromatic rings. The maximum absolute atomic E-state index is 13.1. The van der Waals surface area contributed by atoms with Gasteiger partial charge in [0, 0.05) is 44.5 Å². The van der Waals surface area contributed by atoms with Gasteiger partial charge in [0.05, 0.1) is 18.0 Å². The van der Waals surface area contributed by atoms with E-state index in [1.165, 1.54) is 16.4 Å². The van der Waals surface area contributed by atoms with Crippen LogP contribution in [0.3, 0.4) is 0 Å². The molecule has 5 rings (SSSR count). The van der Waals surface area contributed by atoms with Crippen molar-refractivity contribution in [2.24, 2.45) is 0 Å². The first-order chi connectivity index (χ1) is 17.0. The molecule has 9 nitrogen and oxygen atoms in total. The molecule has 1 saturated heterocycles. The van der Waals surface area contributed by atoms with E-state index in [1.807, 2.05) is 54.7 Å². The summed E-state index contributed by atoms with van der Waals surface area (Å²) in [5, 5.41) is -0.248. The fourth-order valence-electron chi connectivity index (χ4n) is 4.26. The Hall–Kier alpha value is -3.47. The zero-order valence-corrected chi connectivity index (χ0v) is 20.1. The summed E-state index contributed by atoms with van der Waals surface area (Å²) in [5.74, 6) is -0.800. The Labute approximate surface area is 203 Å². The second-order valence-corrected chi connectivity index (χ2v) is 10.1. The van der Waals surface area contributed by atoms with Gasteiger partial charge in [-0.15, -0.1) is 0 Å². The third kappa shape index (κ3) is 4.60. The van der Waals surface area contributed by atoms with Crippen molar-refractivity contribution >= 4 is 21.6 Å². The third-order valence-corrected chi connectivity index (χ3v) is 7.81. The number of hydrogen-bond donors (Lipinski definition) is 0. The van der Waals surface area contributed by atoms with Gasteiger partial charge in [-0.25, -0.2) is 18.2 Å². The number of hydrogen-bond acceptors (Lipinski definition) is 7. The van der Waals surface area contributed by atoms with Crippen molar-refractivity contribution in [3.05, 3.63) is 78.3 Å². The van der Waals surface area contributed by atoms with Crippen LogP contribution in [0.25, 0.3) is 16.9 Å². The van der Waals surface area contributed by atoms with Gasteiger partial charge in [-0.05, 0) is 31.2 Å². The summed E-state index contributed by atoms with van der Waals surface area (Å²) in [5.41, 5.74) is 3.91. The van der Waals surface area contributed by atoms with Gasteiger partial charge in [-0.2, -0.15) is 4.31 Å². The van der Waals surface area contributed by atoms with E-state index in [4.69, 9.17) is 14.1 Å². The summed E-state index contributed by atoms with van der Waals surface area (Å²) in [6.45, 7) is 4.23. The van der Waals surface area contributed by atoms with Crippen molar-refractivity contribution in [1.29, 1.82) is 0 Å². The standard InChI is InChI=1S/C25H26N4O5S/c1-2-33-25(30)21-11-12-23(34-21)35(31,32)28-16-14-27(15-17-28)18-20-24(19-8-4-3-5-9-19)26-22-10-6-7-13-29(20)22/h3-13H,2,14-18H2,1H3. The van der Waals surface area contributed by atoms with Crippen LogP contribution in [-0.4, -0.2) is 65.8 Å². The third-order valence-electron chi connectivity index (χ3n) is 6.03. The Kier molecular flexibility index (Phi) is 6.42. The van der Waals surface area contributed by atoms with Crippen molar-refractivity contribution in [1.82, 2.24) is 18.6 Å². The lowest BCUT2D eigenvalue weighted by Crippen LogP contribution is -2.48. The molecule has 0 N–H and O–H groups in total. The summed E-state index contributed by atoms with van der Waals surface area (Å²) in [6.07, 6.45) is 2.00. The summed E-state index contributed by atoms with van der Waals surface area (Å²) < 4.78 is 39.8. The largest absolute Gasteiger partial charge is 0.460 e. The van der Waals surface area contributed by atoms with Gasteiger partial charge in [0.1, 0.15) is 5.65 Å². The molecule has 0 spiro atoms. The first-order valence-electron chi connectivity index (χ1n) is 11.5. The number of piperazine rings is 1. The lowest BCUT2D eigenvalue weighted by atomic mass is 10.1. The van der Waals surface area contributed by atoms with E-state index in [-0.39, 0.29) is 17.5 Å². The number of pyridine rings is 1. The zero-order valence-electron chi connectivity index (χ0n) is 19.3. The first kappa shape index (κ1) is 23.3. The molecule has 4 heterocycles. The molecular formula is C25H26N4O5S. The van der Waals surface area contributed by atoms with Gasteiger partial charge in [-0.1, -0.05) is 36.4 Å². The molecule has 0 atom stereocenters. The topological polar surface area (TPSA) is 97.4 Å². The molecule has 3 aromatic heterocycles. The molecule has 35 heavy (non-hydrogen) atoms. The smallest absolute Gasteiger partial charge is 0.374 e. The summed E-state index contributed by atoms with van der Waals surface area (Å²) in [6, 6.07) is 18.6. The highest BCUT2D eigenvalue weighted by Crippen LogP contribution is 2.27. The van der Waals surface area contributed by atoms with Crippen molar-refractivity contribution in [2.75, 3.05) is 32.8 Å². The van der Waals surface area contributed by atoms with E-state index in [0.29, 0.717) is 32.7 Å². The van der Waals surface area contributed by atoms with Crippen LogP contribution in [-0.2, 0) is 21.3 Å². The highest BCUT2D eigenvalue weighted by Gasteiger charge is 2.32. The predicted molar refractivity (Wildman–Crippen MR) is 129 cm³/mol. The summed E-state index contributed by atoms with van der Waals surface area (Å²) >= 11 is 0. The molecule has 0 bridgehead atoms. The quantitative estimate of drug-likeness (QED) is 0.364. The highest BCUT2D eigenvalue weighted by atomic mass is 32.2. The maximum Gasteiger partial charge on any atom is 0.374 e. The zero-order chi connectivity index (χ0) is 24.4. The molecule has 1 aliphatic heterocycles. The number of nitrogens with zero attached hydrogens (tertiary/aromatic N) is 4. The number of rotatable bonds is 7. The number of aromatic nitrogens is 2. The Bertz CT molecular complexity index is 1440. The monoisotopic (exact) mass is 494 g/mol. The molecule has 1 fully saturated rings. The minimum absolute atomic E-state index is 0.120. The highest BCUT2D eigenvalue weighted by molar-refractivity contribution is 7.89. The molecule has 0 amide bonds. The number of esters is 1. The molecule has 182 valence electrons. The molecule has 1 aromatic carbocycles. The number of benzene rings is 1. The molecule has 1 aliphatic rings. The van der Waals surface area contributed by atoms with E-state index >= 15 is 0 Å². The van der Waals surface area contributed by atoms with Gasteiger partial charge in [0.25, 0.3) is 10.0 Å². The Morgan fingerprint density at radius 3 is 2.49 bits per heavy atom. The summed E-state index contributed by atoms with van der Waals surface area (Å²) in [4.78, 5) is 18.9. The van der Waals surface area contributed by atoms with Crippen LogP contribution >= 0.6 is 0 Å². The number of carbonyl (C=O) groups is 1. The van der Waals surface area contributed by atoms with E-state index in [2.05, 4.69) is 9.30 Å². The fourth-order valence-corrected chi connectivity index (χ4v) is 5.60. The van der Waals surface area contributed by atoms with Gasteiger partial charge < -0.3 is 13.6 Å². The minimum Gasteiger partial charge on any atom is -0.460 e. The van der Waals surface area contributed by atoms with Crippen molar-refractivity contribution < 1.29 is 22.4 Å². The van der Waals surface area contributed by atoms with Gasteiger partial charge in [-0.3, -0.25) is 4.90 Å². The molecule has 0 saturated carbocycles. The van der Waals surface area contributed by atoms with Crippen LogP contribution in [0.15, 0.2) is 76.4 Å². The average Bonchev–Trinajstić information content (AvgIpc) is 3.52. The van der Waals surface area contributed by atoms with Gasteiger partial charge in [0.15, 0.2) is 0 Å². The Morgan fingerprint density at radius 1 is 1.00 bits per heavy atom. The van der Waals surface area contributed by atoms with Crippen LogP contribution in [0.5, 0.6) is 0 Å². The van der Waals surface area contributed by atoms with Crippen LogP contribution in [0, 0.1) is 0 Å². The Balaban J connectivity index is 1.32. The minimum atomic E-state index is -3.85. The van der Waals surface area contributed by atoms with Crippen LogP contribution < -0.4 is 0 Å². The van der Waals surface area contributed by atoms with Gasteiger partial charge in [0.2, 0.25) is 10.9 Å². The van der Waals surface area contributed by atoms with E-state index in [0.717, 1.165) is 22.6 Å². The molecular weight excluding hydrogens is 468 g/mol. The number of carbonyl (C=O) groups excluding carboxylic acids is 1. The number of furan rings is 1. The van der Waals surface area contributed by atoms with Crippen LogP contribution in [0.2, 0.25) is 0 Å². The fraction of sp³-hybridized carbons (Fsp3) is 0.280. The molecule has 10 heteroatoms. The molecule has 0 aliphatic carbocycles. The number of fused-ring (bicyclic) bond motifs is 1. The maximum atomic E-state index is 13.1. The van der Waals surface area contributed by atoms with Crippen molar-refractivity contribution in [3.63, 3.8) is 0 Å².